The molecule has 1 aliphatic heterocycles. The van der Waals surface area contributed by atoms with Crippen LogP contribution in [-0.4, -0.2) is 49.5 Å². The summed E-state index contributed by atoms with van der Waals surface area (Å²) in [6.45, 7) is 9.92. The first-order valence-electron chi connectivity index (χ1n) is 9.59. The molecule has 0 aromatic heterocycles. The Balaban J connectivity index is 2.23. The molecule has 2 atom stereocenters. The fraction of sp³-hybridized carbons (Fsp3) is 0.650. The minimum atomic E-state index is -0.454. The average molecular weight is 364 g/mol. The molecule has 26 heavy (non-hydrogen) atoms. The van der Waals surface area contributed by atoms with Crippen LogP contribution in [0.4, 0.5) is 0 Å². The van der Waals surface area contributed by atoms with Gasteiger partial charge in [-0.2, -0.15) is 0 Å². The van der Waals surface area contributed by atoms with Crippen LogP contribution in [0.2, 0.25) is 0 Å². The number of benzene rings is 1. The highest BCUT2D eigenvalue weighted by Gasteiger charge is 2.40. The predicted octanol–water partition coefficient (Wildman–Crippen LogP) is 3.11. The lowest BCUT2D eigenvalue weighted by atomic mass is 9.99. The lowest BCUT2D eigenvalue weighted by molar-refractivity contribution is -0.146. The van der Waals surface area contributed by atoms with Crippen molar-refractivity contribution in [2.24, 2.45) is 5.73 Å². The first-order chi connectivity index (χ1) is 12.5. The number of hydrogen-bond acceptors (Lipinski definition) is 5. The molecule has 0 saturated carbocycles. The quantitative estimate of drug-likeness (QED) is 0.482. The number of unbranched alkanes of at least 4 members (excludes halogenated alkanes) is 1. The first-order valence-corrected chi connectivity index (χ1v) is 9.59. The highest BCUT2D eigenvalue weighted by Crippen LogP contribution is 2.37. The summed E-state index contributed by atoms with van der Waals surface area (Å²) in [4.78, 5) is 14.8. The zero-order valence-corrected chi connectivity index (χ0v) is 16.4. The lowest BCUT2D eigenvalue weighted by Crippen LogP contribution is -2.43. The van der Waals surface area contributed by atoms with Crippen molar-refractivity contribution in [3.05, 3.63) is 29.3 Å². The number of amides is 1. The molecule has 1 aromatic carbocycles. The first kappa shape index (κ1) is 20.7. The molecule has 0 spiro atoms. The van der Waals surface area contributed by atoms with E-state index in [0.717, 1.165) is 24.2 Å². The molecule has 0 radical (unpaired) electrons. The van der Waals surface area contributed by atoms with E-state index in [2.05, 4.69) is 6.92 Å². The molecule has 2 N–H and O–H groups in total. The van der Waals surface area contributed by atoms with Crippen LogP contribution in [-0.2, 0) is 9.47 Å². The van der Waals surface area contributed by atoms with Crippen molar-refractivity contribution in [3.8, 4) is 5.75 Å². The van der Waals surface area contributed by atoms with E-state index >= 15 is 0 Å². The molecular weight excluding hydrogens is 332 g/mol. The van der Waals surface area contributed by atoms with Gasteiger partial charge in [0.2, 0.25) is 0 Å². The molecule has 0 aliphatic carbocycles. The van der Waals surface area contributed by atoms with Crippen LogP contribution in [0.5, 0.6) is 5.75 Å². The number of ether oxygens (including phenoxy) is 3. The number of hydrogen-bond donors (Lipinski definition) is 1. The number of fused-ring (bicyclic) bond motifs is 1. The van der Waals surface area contributed by atoms with Crippen LogP contribution in [0.3, 0.4) is 0 Å². The second-order valence-corrected chi connectivity index (χ2v) is 6.55. The van der Waals surface area contributed by atoms with Gasteiger partial charge in [0, 0.05) is 24.8 Å². The number of rotatable bonds is 11. The molecule has 6 nitrogen and oxygen atoms in total. The fourth-order valence-electron chi connectivity index (χ4n) is 3.30. The van der Waals surface area contributed by atoms with E-state index in [1.54, 1.807) is 4.90 Å². The van der Waals surface area contributed by atoms with Gasteiger partial charge in [-0.25, -0.2) is 0 Å². The zero-order chi connectivity index (χ0) is 19.1. The largest absolute Gasteiger partial charge is 0.494 e. The summed E-state index contributed by atoms with van der Waals surface area (Å²) in [6.07, 6.45) is 1.61. The Kier molecular flexibility index (Phi) is 7.87. The molecule has 0 fully saturated rings. The van der Waals surface area contributed by atoms with Crippen molar-refractivity contribution < 1.29 is 19.0 Å². The Morgan fingerprint density at radius 2 is 1.88 bits per heavy atom. The van der Waals surface area contributed by atoms with Crippen molar-refractivity contribution in [2.45, 2.75) is 58.9 Å². The summed E-state index contributed by atoms with van der Waals surface area (Å²) in [5, 5.41) is 0. The minimum absolute atomic E-state index is 0.0485. The maximum absolute atomic E-state index is 13.0. The van der Waals surface area contributed by atoms with Crippen molar-refractivity contribution in [3.63, 3.8) is 0 Å². The van der Waals surface area contributed by atoms with E-state index in [1.807, 2.05) is 39.0 Å². The van der Waals surface area contributed by atoms with Crippen LogP contribution < -0.4 is 10.5 Å². The van der Waals surface area contributed by atoms with Gasteiger partial charge < -0.3 is 24.8 Å². The Morgan fingerprint density at radius 3 is 2.46 bits per heavy atom. The van der Waals surface area contributed by atoms with Gasteiger partial charge in [0.25, 0.3) is 5.91 Å². The molecular formula is C20H32N2O4. The van der Waals surface area contributed by atoms with Gasteiger partial charge in [0.05, 0.1) is 19.2 Å². The Bertz CT molecular complexity index is 585. The molecule has 146 valence electrons. The minimum Gasteiger partial charge on any atom is -0.494 e. The van der Waals surface area contributed by atoms with Crippen molar-refractivity contribution in [2.75, 3.05) is 26.4 Å². The SMILES string of the molecule is CCCCOc1ccc2c(c1)C(=O)N(CC(OCC)OCC)C2C(C)N. The second kappa shape index (κ2) is 9.90. The molecule has 2 unspecified atom stereocenters. The third kappa shape index (κ3) is 4.75. The summed E-state index contributed by atoms with van der Waals surface area (Å²) in [5.41, 5.74) is 7.82. The molecule has 1 heterocycles. The summed E-state index contributed by atoms with van der Waals surface area (Å²) >= 11 is 0. The normalized spacial score (nSPS) is 17.7. The number of nitrogens with zero attached hydrogens (tertiary/aromatic N) is 1. The van der Waals surface area contributed by atoms with Crippen molar-refractivity contribution >= 4 is 5.91 Å². The third-order valence-electron chi connectivity index (χ3n) is 4.49. The van der Waals surface area contributed by atoms with Crippen LogP contribution in [0.1, 0.15) is 62.5 Å². The second-order valence-electron chi connectivity index (χ2n) is 6.55. The fourth-order valence-corrected chi connectivity index (χ4v) is 3.30. The molecule has 1 aliphatic rings. The summed E-state index contributed by atoms with van der Waals surface area (Å²) in [5.74, 6) is 0.676. The van der Waals surface area contributed by atoms with Crippen molar-refractivity contribution in [1.29, 1.82) is 0 Å². The lowest BCUT2D eigenvalue weighted by Gasteiger charge is -2.31. The van der Waals surface area contributed by atoms with Gasteiger partial charge >= 0.3 is 0 Å². The third-order valence-corrected chi connectivity index (χ3v) is 4.49. The van der Waals surface area contributed by atoms with Crippen LogP contribution in [0.25, 0.3) is 0 Å². The van der Waals surface area contributed by atoms with Crippen molar-refractivity contribution in [1.82, 2.24) is 4.90 Å². The van der Waals surface area contributed by atoms with Gasteiger partial charge in [0.15, 0.2) is 6.29 Å². The van der Waals surface area contributed by atoms with E-state index < -0.39 is 6.29 Å². The molecule has 1 amide bonds. The van der Waals surface area contributed by atoms with Crippen LogP contribution in [0.15, 0.2) is 18.2 Å². The maximum Gasteiger partial charge on any atom is 0.255 e. The molecule has 1 aromatic rings. The zero-order valence-electron chi connectivity index (χ0n) is 16.4. The molecule has 6 heteroatoms. The Labute approximate surface area is 156 Å². The highest BCUT2D eigenvalue weighted by atomic mass is 16.7. The molecule has 0 saturated heterocycles. The summed E-state index contributed by atoms with van der Waals surface area (Å²) < 4.78 is 17.0. The van der Waals surface area contributed by atoms with E-state index in [1.165, 1.54) is 0 Å². The summed E-state index contributed by atoms with van der Waals surface area (Å²) in [6, 6.07) is 5.32. The average Bonchev–Trinajstić information content (AvgIpc) is 2.88. The molecule has 0 bridgehead atoms. The summed E-state index contributed by atoms with van der Waals surface area (Å²) in [7, 11) is 0. The van der Waals surface area contributed by atoms with Gasteiger partial charge in [-0.3, -0.25) is 4.79 Å². The van der Waals surface area contributed by atoms with E-state index in [-0.39, 0.29) is 18.0 Å². The van der Waals surface area contributed by atoms with Gasteiger partial charge in [-0.1, -0.05) is 19.4 Å². The van der Waals surface area contributed by atoms with Gasteiger partial charge in [-0.05, 0) is 44.9 Å². The predicted molar refractivity (Wildman–Crippen MR) is 101 cm³/mol. The Morgan fingerprint density at radius 1 is 1.19 bits per heavy atom. The maximum atomic E-state index is 13.0. The number of carbonyl (C=O) groups excluding carboxylic acids is 1. The van der Waals surface area contributed by atoms with E-state index in [4.69, 9.17) is 19.9 Å². The van der Waals surface area contributed by atoms with E-state index in [0.29, 0.717) is 31.9 Å². The molecule has 2 rings (SSSR count). The van der Waals surface area contributed by atoms with Crippen LogP contribution in [0, 0.1) is 0 Å². The number of carbonyl (C=O) groups is 1. The van der Waals surface area contributed by atoms with Gasteiger partial charge in [-0.15, -0.1) is 0 Å². The standard InChI is InChI=1S/C20H32N2O4/c1-5-8-11-26-15-9-10-16-17(12-15)20(23)22(19(16)14(4)21)13-18(24-6-2)25-7-3/h9-10,12,14,18-19H,5-8,11,13,21H2,1-4H3. The monoisotopic (exact) mass is 364 g/mol. The Hall–Kier alpha value is -1.63. The number of nitrogens with two attached hydrogens (primary N) is 1. The van der Waals surface area contributed by atoms with E-state index in [9.17, 15) is 4.79 Å². The topological polar surface area (TPSA) is 74.0 Å². The van der Waals surface area contributed by atoms with Gasteiger partial charge in [0.1, 0.15) is 5.75 Å². The smallest absolute Gasteiger partial charge is 0.255 e. The highest BCUT2D eigenvalue weighted by molar-refractivity contribution is 5.99. The van der Waals surface area contributed by atoms with Crippen LogP contribution >= 0.6 is 0 Å².